The summed E-state index contributed by atoms with van der Waals surface area (Å²) < 4.78 is 5.19. The lowest BCUT2D eigenvalue weighted by atomic mass is 10.1. The van der Waals surface area contributed by atoms with Gasteiger partial charge in [-0.1, -0.05) is 24.3 Å². The molecule has 0 atom stereocenters. The Bertz CT molecular complexity index is 1260. The molecule has 156 valence electrons. The Morgan fingerprint density at radius 3 is 2.58 bits per heavy atom. The monoisotopic (exact) mass is 413 g/mol. The second-order valence-corrected chi connectivity index (χ2v) is 7.41. The number of ether oxygens (including phenoxy) is 1. The summed E-state index contributed by atoms with van der Waals surface area (Å²) in [6.07, 6.45) is 3.41. The number of hydrogen-bond acceptors (Lipinski definition) is 4. The zero-order valence-corrected chi connectivity index (χ0v) is 17.5. The van der Waals surface area contributed by atoms with Crippen LogP contribution >= 0.6 is 0 Å². The van der Waals surface area contributed by atoms with E-state index in [4.69, 9.17) is 4.74 Å². The van der Waals surface area contributed by atoms with E-state index >= 15 is 0 Å². The van der Waals surface area contributed by atoms with Gasteiger partial charge in [0.15, 0.2) is 0 Å². The molecule has 2 heterocycles. The van der Waals surface area contributed by atoms with Crippen molar-refractivity contribution in [2.24, 2.45) is 0 Å². The fourth-order valence-corrected chi connectivity index (χ4v) is 3.58. The molecule has 0 saturated carbocycles. The van der Waals surface area contributed by atoms with Crippen LogP contribution in [0.1, 0.15) is 27.0 Å². The highest BCUT2D eigenvalue weighted by Crippen LogP contribution is 2.19. The number of aromatic amines is 1. The molecule has 6 nitrogen and oxygen atoms in total. The summed E-state index contributed by atoms with van der Waals surface area (Å²) in [5.74, 6) is 0.506. The highest BCUT2D eigenvalue weighted by Gasteiger charge is 2.19. The summed E-state index contributed by atoms with van der Waals surface area (Å²) in [5, 5.41) is 0.938. The Hall–Kier alpha value is -3.93. The normalized spacial score (nSPS) is 10.8. The maximum atomic E-state index is 13.3. The number of aryl methyl sites for hydroxylation is 1. The number of carbonyl (C=O) groups is 1. The third kappa shape index (κ3) is 4.48. The molecule has 0 saturated heterocycles. The first-order valence-electron chi connectivity index (χ1n) is 9.99. The first kappa shape index (κ1) is 20.3. The van der Waals surface area contributed by atoms with Crippen molar-refractivity contribution in [2.45, 2.75) is 20.0 Å². The number of amides is 1. The van der Waals surface area contributed by atoms with Gasteiger partial charge in [0.25, 0.3) is 11.5 Å². The van der Waals surface area contributed by atoms with Gasteiger partial charge in [0.2, 0.25) is 0 Å². The molecule has 1 N–H and O–H groups in total. The van der Waals surface area contributed by atoms with Crippen molar-refractivity contribution in [3.63, 3.8) is 0 Å². The highest BCUT2D eigenvalue weighted by molar-refractivity contribution is 5.94. The fraction of sp³-hybridized carbons (Fsp3) is 0.160. The van der Waals surface area contributed by atoms with E-state index in [0.29, 0.717) is 23.4 Å². The van der Waals surface area contributed by atoms with Crippen molar-refractivity contribution in [1.82, 2.24) is 14.9 Å². The molecule has 31 heavy (non-hydrogen) atoms. The van der Waals surface area contributed by atoms with Crippen LogP contribution in [-0.2, 0) is 13.1 Å². The maximum Gasteiger partial charge on any atom is 0.254 e. The van der Waals surface area contributed by atoms with Gasteiger partial charge < -0.3 is 14.6 Å². The van der Waals surface area contributed by atoms with Gasteiger partial charge in [-0.05, 0) is 59.8 Å². The van der Waals surface area contributed by atoms with Crippen molar-refractivity contribution < 1.29 is 9.53 Å². The van der Waals surface area contributed by atoms with Crippen LogP contribution in [0.5, 0.6) is 5.75 Å². The van der Waals surface area contributed by atoms with E-state index < -0.39 is 0 Å². The number of carbonyl (C=O) groups excluding carboxylic acids is 1. The lowest BCUT2D eigenvalue weighted by molar-refractivity contribution is 0.0729. The van der Waals surface area contributed by atoms with Crippen molar-refractivity contribution >= 4 is 16.8 Å². The molecule has 0 fully saturated rings. The van der Waals surface area contributed by atoms with Gasteiger partial charge in [0.05, 0.1) is 19.2 Å². The Balaban J connectivity index is 1.70. The van der Waals surface area contributed by atoms with Gasteiger partial charge in [0.1, 0.15) is 5.75 Å². The lowest BCUT2D eigenvalue weighted by Crippen LogP contribution is -2.32. The number of fused-ring (bicyclic) bond motifs is 1. The summed E-state index contributed by atoms with van der Waals surface area (Å²) in [5.41, 5.74) is 3.57. The molecule has 6 heteroatoms. The minimum absolute atomic E-state index is 0.171. The number of nitrogens with one attached hydrogen (secondary N) is 1. The van der Waals surface area contributed by atoms with Crippen molar-refractivity contribution in [2.75, 3.05) is 7.11 Å². The predicted molar refractivity (Wildman–Crippen MR) is 120 cm³/mol. The smallest absolute Gasteiger partial charge is 0.254 e. The largest absolute Gasteiger partial charge is 0.497 e. The number of rotatable bonds is 6. The number of hydrogen-bond donors (Lipinski definition) is 1. The van der Waals surface area contributed by atoms with Crippen LogP contribution in [0.4, 0.5) is 0 Å². The topological polar surface area (TPSA) is 75.3 Å². The molecule has 0 aliphatic rings. The molecule has 2 aromatic heterocycles. The Morgan fingerprint density at radius 2 is 1.87 bits per heavy atom. The summed E-state index contributed by atoms with van der Waals surface area (Å²) in [6, 6.07) is 18.4. The maximum absolute atomic E-state index is 13.3. The number of benzene rings is 2. The first-order chi connectivity index (χ1) is 15.0. The molecule has 0 unspecified atom stereocenters. The first-order valence-corrected chi connectivity index (χ1v) is 9.99. The summed E-state index contributed by atoms with van der Waals surface area (Å²) in [6.45, 7) is 2.48. The second kappa shape index (κ2) is 8.83. The van der Waals surface area contributed by atoms with Gasteiger partial charge in [-0.2, -0.15) is 0 Å². The number of methoxy groups -OCH3 is 1. The minimum Gasteiger partial charge on any atom is -0.497 e. The molecular formula is C25H23N3O3. The molecule has 4 aromatic rings. The van der Waals surface area contributed by atoms with Crippen LogP contribution in [0.3, 0.4) is 0 Å². The van der Waals surface area contributed by atoms with Gasteiger partial charge in [-0.25, -0.2) is 0 Å². The van der Waals surface area contributed by atoms with Crippen molar-refractivity contribution in [3.05, 3.63) is 106 Å². The van der Waals surface area contributed by atoms with E-state index in [0.717, 1.165) is 22.0 Å². The third-order valence-electron chi connectivity index (χ3n) is 5.25. The average molecular weight is 413 g/mol. The molecule has 2 aromatic carbocycles. The van der Waals surface area contributed by atoms with Gasteiger partial charge in [0, 0.05) is 30.1 Å². The van der Waals surface area contributed by atoms with Crippen LogP contribution in [0, 0.1) is 6.92 Å². The van der Waals surface area contributed by atoms with E-state index in [9.17, 15) is 9.59 Å². The fourth-order valence-electron chi connectivity index (χ4n) is 3.58. The Labute approximate surface area is 180 Å². The van der Waals surface area contributed by atoms with Crippen LogP contribution < -0.4 is 10.3 Å². The van der Waals surface area contributed by atoms with Gasteiger partial charge in [-0.15, -0.1) is 0 Å². The van der Waals surface area contributed by atoms with E-state index in [1.54, 1.807) is 48.7 Å². The number of H-pyrrole nitrogens is 1. The quantitative estimate of drug-likeness (QED) is 0.517. The summed E-state index contributed by atoms with van der Waals surface area (Å²) in [4.78, 5) is 34.9. The Morgan fingerprint density at radius 1 is 1.06 bits per heavy atom. The van der Waals surface area contributed by atoms with Gasteiger partial charge >= 0.3 is 0 Å². The number of para-hydroxylation sites is 1. The molecule has 0 aliphatic heterocycles. The van der Waals surface area contributed by atoms with Crippen LogP contribution in [0.2, 0.25) is 0 Å². The molecule has 4 rings (SSSR count). The van der Waals surface area contributed by atoms with E-state index in [1.165, 1.54) is 0 Å². The summed E-state index contributed by atoms with van der Waals surface area (Å²) in [7, 11) is 1.58. The lowest BCUT2D eigenvalue weighted by Gasteiger charge is -2.23. The van der Waals surface area contributed by atoms with Gasteiger partial charge in [-0.3, -0.25) is 14.6 Å². The van der Waals surface area contributed by atoms with Crippen molar-refractivity contribution in [1.29, 1.82) is 0 Å². The van der Waals surface area contributed by atoms with E-state index in [-0.39, 0.29) is 18.0 Å². The molecule has 0 aliphatic carbocycles. The van der Waals surface area contributed by atoms with Crippen molar-refractivity contribution in [3.8, 4) is 5.75 Å². The number of pyridine rings is 2. The highest BCUT2D eigenvalue weighted by atomic mass is 16.5. The molecule has 0 radical (unpaired) electrons. The third-order valence-corrected chi connectivity index (χ3v) is 5.25. The van der Waals surface area contributed by atoms with E-state index in [2.05, 4.69) is 9.97 Å². The summed E-state index contributed by atoms with van der Waals surface area (Å²) >= 11 is 0. The van der Waals surface area contributed by atoms with E-state index in [1.807, 2.05) is 43.3 Å². The second-order valence-electron chi connectivity index (χ2n) is 7.41. The number of aromatic nitrogens is 2. The average Bonchev–Trinajstić information content (AvgIpc) is 2.80. The standard InChI is InChI=1S/C25H23N3O3/c1-17-5-3-7-20-13-21(24(29)27-23(17)20)16-28(15-18-6-4-12-26-14-18)25(30)19-8-10-22(31-2)11-9-19/h3-14H,15-16H2,1-2H3,(H,27,29). The molecule has 1 amide bonds. The minimum atomic E-state index is -0.194. The zero-order chi connectivity index (χ0) is 21.8. The van der Waals surface area contributed by atoms with Crippen LogP contribution in [-0.4, -0.2) is 27.9 Å². The molecular weight excluding hydrogens is 390 g/mol. The molecule has 0 bridgehead atoms. The zero-order valence-electron chi connectivity index (χ0n) is 17.5. The van der Waals surface area contributed by atoms with Crippen LogP contribution in [0.15, 0.2) is 77.9 Å². The van der Waals surface area contributed by atoms with Crippen LogP contribution in [0.25, 0.3) is 10.9 Å². The molecule has 0 spiro atoms. The Kier molecular flexibility index (Phi) is 5.80. The predicted octanol–water partition coefficient (Wildman–Crippen LogP) is 4.08. The number of nitrogens with zero attached hydrogens (tertiary/aromatic N) is 2. The SMILES string of the molecule is COc1ccc(C(=O)N(Cc2cccnc2)Cc2cc3cccc(C)c3[nH]c2=O)cc1.